The standard InChI is InChI=1S/C20H28BrN5O4/c1-5-29-18(27)14-10-26-11-15(21)25-16(17(26)24-14)22-12-6-8-13(9-7-12)23-19(28)30-20(2,3)4/h10-13H,5-9H2,1-4H3,(H,22,25)(H,23,28)/t12-,13+. The molecule has 2 aromatic heterocycles. The van der Waals surface area contributed by atoms with Crippen LogP contribution in [-0.2, 0) is 9.47 Å². The van der Waals surface area contributed by atoms with Gasteiger partial charge in [0.25, 0.3) is 0 Å². The summed E-state index contributed by atoms with van der Waals surface area (Å²) in [6.07, 6.45) is 6.41. The van der Waals surface area contributed by atoms with E-state index in [2.05, 4.69) is 36.5 Å². The maximum atomic E-state index is 12.0. The second kappa shape index (κ2) is 9.20. The maximum absolute atomic E-state index is 12.0. The Hall–Kier alpha value is -2.36. The second-order valence-corrected chi connectivity index (χ2v) is 9.14. The summed E-state index contributed by atoms with van der Waals surface area (Å²) in [5.74, 6) is 0.139. The number of alkyl carbamates (subject to hydrolysis) is 1. The molecule has 0 unspecified atom stereocenters. The lowest BCUT2D eigenvalue weighted by Crippen LogP contribution is -2.42. The highest BCUT2D eigenvalue weighted by molar-refractivity contribution is 9.10. The third-order valence-corrected chi connectivity index (χ3v) is 5.06. The Morgan fingerprint density at radius 3 is 2.47 bits per heavy atom. The third-order valence-electron chi connectivity index (χ3n) is 4.68. The number of halogens is 1. The summed E-state index contributed by atoms with van der Waals surface area (Å²) in [7, 11) is 0. The molecule has 0 atom stereocenters. The number of nitrogens with zero attached hydrogens (tertiary/aromatic N) is 3. The summed E-state index contributed by atoms with van der Waals surface area (Å²) < 4.78 is 12.8. The molecule has 1 fully saturated rings. The number of hydrogen-bond acceptors (Lipinski definition) is 7. The van der Waals surface area contributed by atoms with E-state index in [-0.39, 0.29) is 23.9 Å². The zero-order chi connectivity index (χ0) is 21.9. The number of rotatable bonds is 5. The molecule has 10 heteroatoms. The summed E-state index contributed by atoms with van der Waals surface area (Å²) in [6.45, 7) is 7.60. The molecule has 1 aliphatic rings. The van der Waals surface area contributed by atoms with E-state index >= 15 is 0 Å². The number of carbonyl (C=O) groups excluding carboxylic acids is 2. The van der Waals surface area contributed by atoms with E-state index in [0.717, 1.165) is 25.7 Å². The highest BCUT2D eigenvalue weighted by Gasteiger charge is 2.26. The van der Waals surface area contributed by atoms with Gasteiger partial charge in [-0.1, -0.05) is 0 Å². The van der Waals surface area contributed by atoms with Crippen molar-refractivity contribution < 1.29 is 19.1 Å². The van der Waals surface area contributed by atoms with Crippen LogP contribution >= 0.6 is 15.9 Å². The van der Waals surface area contributed by atoms with Gasteiger partial charge in [-0.2, -0.15) is 0 Å². The Kier molecular flexibility index (Phi) is 6.84. The smallest absolute Gasteiger partial charge is 0.407 e. The molecule has 0 spiro atoms. The molecule has 9 nitrogen and oxygen atoms in total. The van der Waals surface area contributed by atoms with Gasteiger partial charge in [-0.3, -0.25) is 0 Å². The Morgan fingerprint density at radius 1 is 1.17 bits per heavy atom. The zero-order valence-corrected chi connectivity index (χ0v) is 19.3. The van der Waals surface area contributed by atoms with Crippen molar-refractivity contribution in [3.05, 3.63) is 22.7 Å². The van der Waals surface area contributed by atoms with Gasteiger partial charge in [0.15, 0.2) is 17.2 Å². The molecule has 0 aromatic carbocycles. The van der Waals surface area contributed by atoms with Crippen molar-refractivity contribution >= 4 is 39.5 Å². The molecule has 164 valence electrons. The molecule has 0 bridgehead atoms. The number of anilines is 1. The van der Waals surface area contributed by atoms with Crippen LogP contribution in [0.2, 0.25) is 0 Å². The predicted octanol–water partition coefficient (Wildman–Crippen LogP) is 3.92. The zero-order valence-electron chi connectivity index (χ0n) is 17.7. The second-order valence-electron chi connectivity index (χ2n) is 8.33. The first-order valence-corrected chi connectivity index (χ1v) is 10.9. The fourth-order valence-electron chi connectivity index (χ4n) is 3.42. The van der Waals surface area contributed by atoms with Crippen LogP contribution < -0.4 is 10.6 Å². The highest BCUT2D eigenvalue weighted by atomic mass is 79.9. The Labute approximate surface area is 184 Å². The molecule has 2 N–H and O–H groups in total. The lowest BCUT2D eigenvalue weighted by Gasteiger charge is -2.30. The van der Waals surface area contributed by atoms with Gasteiger partial charge in [-0.05, 0) is 69.3 Å². The van der Waals surface area contributed by atoms with Crippen LogP contribution in [0, 0.1) is 0 Å². The minimum absolute atomic E-state index is 0.0928. The van der Waals surface area contributed by atoms with Crippen molar-refractivity contribution in [2.45, 2.75) is 71.1 Å². The van der Waals surface area contributed by atoms with Crippen LogP contribution in [0.25, 0.3) is 5.65 Å². The fourth-order valence-corrected chi connectivity index (χ4v) is 3.82. The van der Waals surface area contributed by atoms with E-state index in [9.17, 15) is 9.59 Å². The normalized spacial score (nSPS) is 19.4. The van der Waals surface area contributed by atoms with Crippen LogP contribution in [0.4, 0.5) is 10.6 Å². The van der Waals surface area contributed by atoms with Gasteiger partial charge in [0.05, 0.1) is 6.61 Å². The summed E-state index contributed by atoms with van der Waals surface area (Å²) in [4.78, 5) is 32.9. The minimum atomic E-state index is -0.507. The van der Waals surface area contributed by atoms with Crippen molar-refractivity contribution in [2.24, 2.45) is 0 Å². The first kappa shape index (κ1) is 22.3. The van der Waals surface area contributed by atoms with Crippen molar-refractivity contribution in [2.75, 3.05) is 11.9 Å². The van der Waals surface area contributed by atoms with Gasteiger partial charge in [-0.25, -0.2) is 19.6 Å². The van der Waals surface area contributed by atoms with E-state index < -0.39 is 11.6 Å². The number of aromatic nitrogens is 3. The Morgan fingerprint density at radius 2 is 1.83 bits per heavy atom. The molecule has 1 aliphatic carbocycles. The third kappa shape index (κ3) is 5.84. The Bertz CT molecular complexity index is 916. The molecule has 2 aromatic rings. The van der Waals surface area contributed by atoms with Crippen molar-refractivity contribution in [1.29, 1.82) is 0 Å². The first-order valence-electron chi connectivity index (χ1n) is 10.1. The van der Waals surface area contributed by atoms with E-state index in [1.165, 1.54) is 0 Å². The van der Waals surface area contributed by atoms with Gasteiger partial charge in [-0.15, -0.1) is 0 Å². The number of carbonyl (C=O) groups is 2. The molecular weight excluding hydrogens is 454 g/mol. The summed E-state index contributed by atoms with van der Waals surface area (Å²) >= 11 is 3.41. The van der Waals surface area contributed by atoms with E-state index in [0.29, 0.717) is 22.7 Å². The number of esters is 1. The average Bonchev–Trinajstić information content (AvgIpc) is 3.06. The van der Waals surface area contributed by atoms with Crippen LogP contribution in [0.1, 0.15) is 63.9 Å². The average molecular weight is 482 g/mol. The van der Waals surface area contributed by atoms with Crippen LogP contribution in [0.3, 0.4) is 0 Å². The molecule has 0 saturated heterocycles. The molecule has 0 radical (unpaired) electrons. The maximum Gasteiger partial charge on any atom is 0.407 e. The molecule has 1 amide bonds. The summed E-state index contributed by atoms with van der Waals surface area (Å²) in [5.41, 5.74) is 0.299. The molecule has 0 aliphatic heterocycles. The molecule has 2 heterocycles. The Balaban J connectivity index is 1.63. The predicted molar refractivity (Wildman–Crippen MR) is 116 cm³/mol. The topological polar surface area (TPSA) is 107 Å². The summed E-state index contributed by atoms with van der Waals surface area (Å²) in [5, 5.41) is 6.39. The molecule has 1 saturated carbocycles. The number of hydrogen-bond donors (Lipinski definition) is 2. The number of fused-ring (bicyclic) bond motifs is 1. The van der Waals surface area contributed by atoms with E-state index in [4.69, 9.17) is 9.47 Å². The molecule has 30 heavy (non-hydrogen) atoms. The molecule has 3 rings (SSSR count). The van der Waals surface area contributed by atoms with Gasteiger partial charge >= 0.3 is 12.1 Å². The number of ether oxygens (including phenoxy) is 2. The van der Waals surface area contributed by atoms with Gasteiger partial charge in [0, 0.05) is 24.5 Å². The summed E-state index contributed by atoms with van der Waals surface area (Å²) in [6, 6.07) is 0.283. The van der Waals surface area contributed by atoms with E-state index in [1.807, 2.05) is 20.8 Å². The number of imidazole rings is 1. The minimum Gasteiger partial charge on any atom is -0.461 e. The first-order chi connectivity index (χ1) is 14.1. The monoisotopic (exact) mass is 481 g/mol. The number of amides is 1. The highest BCUT2D eigenvalue weighted by Crippen LogP contribution is 2.25. The largest absolute Gasteiger partial charge is 0.461 e. The fraction of sp³-hybridized carbons (Fsp3) is 0.600. The number of nitrogens with one attached hydrogen (secondary N) is 2. The van der Waals surface area contributed by atoms with Crippen molar-refractivity contribution in [3.8, 4) is 0 Å². The van der Waals surface area contributed by atoms with Gasteiger partial charge in [0.2, 0.25) is 0 Å². The van der Waals surface area contributed by atoms with Crippen LogP contribution in [0.5, 0.6) is 0 Å². The quantitative estimate of drug-likeness (QED) is 0.623. The van der Waals surface area contributed by atoms with Crippen LogP contribution in [-0.4, -0.2) is 50.7 Å². The lowest BCUT2D eigenvalue weighted by atomic mass is 9.91. The van der Waals surface area contributed by atoms with Gasteiger partial charge < -0.3 is 24.5 Å². The molecular formula is C20H28BrN5O4. The van der Waals surface area contributed by atoms with E-state index in [1.54, 1.807) is 23.7 Å². The van der Waals surface area contributed by atoms with Gasteiger partial charge in [0.1, 0.15) is 10.2 Å². The van der Waals surface area contributed by atoms with Crippen molar-refractivity contribution in [1.82, 2.24) is 19.7 Å². The SMILES string of the molecule is CCOC(=O)c1cn2cc(Br)nc(N[C@H]3CC[C@@H](NC(=O)OC(C)(C)C)CC3)c2n1. The van der Waals surface area contributed by atoms with Crippen LogP contribution in [0.15, 0.2) is 17.0 Å². The lowest BCUT2D eigenvalue weighted by molar-refractivity contribution is 0.0488. The van der Waals surface area contributed by atoms with Crippen molar-refractivity contribution in [3.63, 3.8) is 0 Å².